The molecule has 1 atom stereocenters. The van der Waals surface area contributed by atoms with Crippen LogP contribution in [-0.2, 0) is 4.79 Å². The van der Waals surface area contributed by atoms with E-state index in [0.29, 0.717) is 6.04 Å². The second-order valence-corrected chi connectivity index (χ2v) is 8.20. The molecular weight excluding hydrogens is 331 g/mol. The Bertz CT molecular complexity index is 665. The van der Waals surface area contributed by atoms with E-state index < -0.39 is 0 Å². The van der Waals surface area contributed by atoms with Crippen molar-refractivity contribution in [3.63, 3.8) is 0 Å². The van der Waals surface area contributed by atoms with E-state index in [4.69, 9.17) is 0 Å². The number of hydrogen-bond donors (Lipinski definition) is 1. The molecule has 1 aliphatic rings. The molecule has 0 aliphatic heterocycles. The number of halogens is 1. The molecule has 23 heavy (non-hydrogen) atoms. The zero-order valence-corrected chi connectivity index (χ0v) is 14.6. The lowest BCUT2D eigenvalue weighted by atomic mass is 10.2. The number of thiazole rings is 1. The average molecular weight is 350 g/mol. The van der Waals surface area contributed by atoms with Gasteiger partial charge in [0, 0.05) is 17.0 Å². The number of nitrogens with zero attached hydrogens (tertiary/aromatic N) is 1. The quantitative estimate of drug-likeness (QED) is 0.808. The molecule has 2 aromatic rings. The van der Waals surface area contributed by atoms with E-state index >= 15 is 0 Å². The topological polar surface area (TPSA) is 42.0 Å². The van der Waals surface area contributed by atoms with Gasteiger partial charge in [0.05, 0.1) is 10.9 Å². The molecule has 1 aromatic carbocycles. The van der Waals surface area contributed by atoms with Crippen LogP contribution < -0.4 is 5.32 Å². The van der Waals surface area contributed by atoms with Crippen molar-refractivity contribution in [2.24, 2.45) is 0 Å². The third-order valence-electron chi connectivity index (χ3n) is 3.97. The number of benzene rings is 1. The van der Waals surface area contributed by atoms with E-state index in [0.717, 1.165) is 28.4 Å². The minimum absolute atomic E-state index is 0.0837. The first kappa shape index (κ1) is 16.5. The van der Waals surface area contributed by atoms with Crippen molar-refractivity contribution in [2.75, 3.05) is 0 Å². The number of carbonyl (C=O) groups excluding carboxylic acids is 1. The van der Waals surface area contributed by atoms with Gasteiger partial charge in [-0.25, -0.2) is 9.37 Å². The lowest BCUT2D eigenvalue weighted by Crippen LogP contribution is -2.37. The van der Waals surface area contributed by atoms with Gasteiger partial charge in [-0.05, 0) is 44.0 Å². The van der Waals surface area contributed by atoms with Crippen molar-refractivity contribution in [1.82, 2.24) is 10.3 Å². The van der Waals surface area contributed by atoms with E-state index in [2.05, 4.69) is 10.3 Å². The van der Waals surface area contributed by atoms with Crippen molar-refractivity contribution in [1.29, 1.82) is 0 Å². The van der Waals surface area contributed by atoms with Crippen molar-refractivity contribution >= 4 is 29.0 Å². The zero-order chi connectivity index (χ0) is 16.2. The van der Waals surface area contributed by atoms with Gasteiger partial charge < -0.3 is 5.32 Å². The molecule has 0 saturated heterocycles. The van der Waals surface area contributed by atoms with Crippen LogP contribution in [-0.4, -0.2) is 22.2 Å². The summed E-state index contributed by atoms with van der Waals surface area (Å²) < 4.78 is 13.8. The summed E-state index contributed by atoms with van der Waals surface area (Å²) in [6.07, 6.45) is 4.60. The third-order valence-corrected chi connectivity index (χ3v) is 6.04. The smallest absolute Gasteiger partial charge is 0.233 e. The first-order valence-electron chi connectivity index (χ1n) is 7.80. The number of hydrogen-bond acceptors (Lipinski definition) is 4. The lowest BCUT2D eigenvalue weighted by Gasteiger charge is -2.15. The fourth-order valence-corrected chi connectivity index (χ4v) is 4.64. The summed E-state index contributed by atoms with van der Waals surface area (Å²) in [6, 6.07) is 6.64. The summed E-state index contributed by atoms with van der Waals surface area (Å²) in [5.74, 6) is -0.170. The van der Waals surface area contributed by atoms with Gasteiger partial charge in [-0.2, -0.15) is 0 Å². The molecule has 0 radical (unpaired) electrons. The van der Waals surface area contributed by atoms with E-state index in [1.165, 1.54) is 48.1 Å². The van der Waals surface area contributed by atoms with Gasteiger partial charge >= 0.3 is 0 Å². The third kappa shape index (κ3) is 4.32. The highest BCUT2D eigenvalue weighted by Crippen LogP contribution is 2.31. The molecule has 1 saturated carbocycles. The van der Waals surface area contributed by atoms with Crippen LogP contribution in [0.5, 0.6) is 0 Å². The highest BCUT2D eigenvalue weighted by atomic mass is 32.2. The molecule has 122 valence electrons. The summed E-state index contributed by atoms with van der Waals surface area (Å²) in [4.78, 5) is 16.8. The van der Waals surface area contributed by atoms with Gasteiger partial charge in [0.1, 0.15) is 5.82 Å². The predicted molar refractivity (Wildman–Crippen MR) is 93.2 cm³/mol. The largest absolute Gasteiger partial charge is 0.352 e. The first-order chi connectivity index (χ1) is 11.1. The van der Waals surface area contributed by atoms with Crippen molar-refractivity contribution in [3.05, 3.63) is 35.5 Å². The van der Waals surface area contributed by atoms with Crippen LogP contribution in [0.25, 0.3) is 11.3 Å². The predicted octanol–water partition coefficient (Wildman–Crippen LogP) is 4.49. The minimum Gasteiger partial charge on any atom is -0.352 e. The fraction of sp³-hybridized carbons (Fsp3) is 0.412. The maximum atomic E-state index is 13.0. The Hall–Kier alpha value is -1.40. The number of nitrogens with one attached hydrogen (secondary N) is 1. The Balaban J connectivity index is 1.59. The summed E-state index contributed by atoms with van der Waals surface area (Å²) >= 11 is 2.99. The normalized spacial score (nSPS) is 16.4. The molecule has 6 heteroatoms. The van der Waals surface area contributed by atoms with Crippen LogP contribution in [0.15, 0.2) is 34.0 Å². The highest BCUT2D eigenvalue weighted by molar-refractivity contribution is 8.02. The van der Waals surface area contributed by atoms with Gasteiger partial charge in [0.2, 0.25) is 5.91 Å². The lowest BCUT2D eigenvalue weighted by molar-refractivity contribution is -0.120. The van der Waals surface area contributed by atoms with Crippen LogP contribution >= 0.6 is 23.1 Å². The molecule has 0 bridgehead atoms. The van der Waals surface area contributed by atoms with Crippen LogP contribution in [0.1, 0.15) is 32.6 Å². The van der Waals surface area contributed by atoms with Gasteiger partial charge in [-0.15, -0.1) is 11.3 Å². The average Bonchev–Trinajstić information content (AvgIpc) is 3.20. The Kier molecular flexibility index (Phi) is 5.33. The van der Waals surface area contributed by atoms with E-state index in [-0.39, 0.29) is 17.0 Å². The summed E-state index contributed by atoms with van der Waals surface area (Å²) in [6.45, 7) is 1.91. The molecule has 1 aromatic heterocycles. The van der Waals surface area contributed by atoms with Crippen LogP contribution in [0, 0.1) is 5.82 Å². The Morgan fingerprint density at radius 1 is 1.35 bits per heavy atom. The number of rotatable bonds is 5. The number of thioether (sulfide) groups is 1. The summed E-state index contributed by atoms with van der Waals surface area (Å²) in [5.41, 5.74) is 1.71. The SMILES string of the molecule is CC(Sc1nc(-c2ccc(F)cc2)cs1)C(=O)NC1CCCC1. The second-order valence-electron chi connectivity index (χ2n) is 5.76. The van der Waals surface area contributed by atoms with Crippen molar-refractivity contribution < 1.29 is 9.18 Å². The highest BCUT2D eigenvalue weighted by Gasteiger charge is 2.22. The van der Waals surface area contributed by atoms with Gasteiger partial charge in [-0.3, -0.25) is 4.79 Å². The number of amides is 1. The minimum atomic E-state index is -0.254. The Labute approximate surface area is 143 Å². The summed E-state index contributed by atoms with van der Waals surface area (Å²) in [7, 11) is 0. The molecular formula is C17H19FN2OS2. The van der Waals surface area contributed by atoms with E-state index in [9.17, 15) is 9.18 Å². The number of aromatic nitrogens is 1. The molecule has 1 fully saturated rings. The van der Waals surface area contributed by atoms with E-state index in [1.807, 2.05) is 12.3 Å². The van der Waals surface area contributed by atoms with Crippen LogP contribution in [0.2, 0.25) is 0 Å². The maximum Gasteiger partial charge on any atom is 0.233 e. The van der Waals surface area contributed by atoms with Gasteiger partial charge in [-0.1, -0.05) is 24.6 Å². The van der Waals surface area contributed by atoms with E-state index in [1.54, 1.807) is 12.1 Å². The number of carbonyl (C=O) groups is 1. The van der Waals surface area contributed by atoms with Crippen molar-refractivity contribution in [3.8, 4) is 11.3 Å². The first-order valence-corrected chi connectivity index (χ1v) is 9.56. The molecule has 1 heterocycles. The second kappa shape index (κ2) is 7.45. The molecule has 3 nitrogen and oxygen atoms in total. The maximum absolute atomic E-state index is 13.0. The Morgan fingerprint density at radius 3 is 2.74 bits per heavy atom. The molecule has 1 aliphatic carbocycles. The molecule has 1 unspecified atom stereocenters. The summed E-state index contributed by atoms with van der Waals surface area (Å²) in [5, 5.41) is 4.90. The molecule has 0 spiro atoms. The Morgan fingerprint density at radius 2 is 2.04 bits per heavy atom. The van der Waals surface area contributed by atoms with Crippen LogP contribution in [0.4, 0.5) is 4.39 Å². The van der Waals surface area contributed by atoms with Gasteiger partial charge in [0.15, 0.2) is 4.34 Å². The standard InChI is InChI=1S/C17H19FN2OS2/c1-11(16(21)19-14-4-2-3-5-14)23-17-20-15(10-22-17)12-6-8-13(18)9-7-12/h6-11,14H,2-5H2,1H3,(H,19,21). The fourth-order valence-electron chi connectivity index (χ4n) is 2.66. The zero-order valence-electron chi connectivity index (χ0n) is 12.9. The molecule has 3 rings (SSSR count). The van der Waals surface area contributed by atoms with Gasteiger partial charge in [0.25, 0.3) is 0 Å². The molecule has 1 N–H and O–H groups in total. The molecule has 1 amide bonds. The van der Waals surface area contributed by atoms with Crippen LogP contribution in [0.3, 0.4) is 0 Å². The monoisotopic (exact) mass is 350 g/mol. The van der Waals surface area contributed by atoms with Crippen molar-refractivity contribution in [2.45, 2.75) is 48.2 Å².